The van der Waals surface area contributed by atoms with Gasteiger partial charge in [0.2, 0.25) is 0 Å². The van der Waals surface area contributed by atoms with Crippen molar-refractivity contribution in [1.29, 1.82) is 0 Å². The third-order valence-electron chi connectivity index (χ3n) is 6.98. The van der Waals surface area contributed by atoms with Crippen LogP contribution in [0.1, 0.15) is 22.8 Å². The topological polar surface area (TPSA) is 365 Å². The van der Waals surface area contributed by atoms with Gasteiger partial charge in [0.1, 0.15) is 47.9 Å². The molecule has 0 bridgehead atoms. The molecule has 0 aromatic carbocycles. The van der Waals surface area contributed by atoms with Crippen molar-refractivity contribution in [2.24, 2.45) is 5.73 Å². The molecule has 1 amide bonds. The van der Waals surface area contributed by atoms with Crippen molar-refractivity contribution < 1.29 is 144 Å². The zero-order valence-corrected chi connectivity index (χ0v) is 32.6. The number of primary amides is 1. The van der Waals surface area contributed by atoms with Gasteiger partial charge < -0.3 is 55.8 Å². The van der Waals surface area contributed by atoms with Crippen LogP contribution in [0.25, 0.3) is 11.2 Å². The Bertz CT molecular complexity index is 1820. The van der Waals surface area contributed by atoms with E-state index in [9.17, 15) is 53.4 Å². The number of anilines is 1. The Kier molecular flexibility index (Phi) is 14.9. The summed E-state index contributed by atoms with van der Waals surface area (Å²) in [6, 6.07) is 2.79. The van der Waals surface area contributed by atoms with E-state index in [0.29, 0.717) is 0 Å². The van der Waals surface area contributed by atoms with Gasteiger partial charge >= 0.3 is 82.6 Å². The molecule has 24 nitrogen and oxygen atoms in total. The van der Waals surface area contributed by atoms with Gasteiger partial charge in [-0.15, -0.1) is 0 Å². The number of nitrogens with zero attached hydrogens (tertiary/aromatic N) is 5. The number of aliphatic hydroxyl groups excluding tert-OH is 3. The fraction of sp³-hybridized carbons (Fsp3) is 0.476. The summed E-state index contributed by atoms with van der Waals surface area (Å²) < 4.78 is 68.4. The number of aromatic nitrogens is 5. The molecule has 0 spiro atoms. The number of hydrogen-bond acceptors (Lipinski definition) is 17. The van der Waals surface area contributed by atoms with E-state index in [-0.39, 0.29) is 81.7 Å². The number of phosphoric acid groups is 3. The maximum atomic E-state index is 12.6. The van der Waals surface area contributed by atoms with Crippen LogP contribution in [-0.2, 0) is 41.1 Å². The number of phosphoric ester groups is 3. The Hall–Kier alpha value is -0.860. The van der Waals surface area contributed by atoms with E-state index in [1.54, 1.807) is 0 Å². The first-order chi connectivity index (χ1) is 22.4. The van der Waals surface area contributed by atoms with Gasteiger partial charge in [-0.2, -0.15) is 8.88 Å². The maximum absolute atomic E-state index is 12.6. The molecule has 3 aromatic heterocycles. The number of ether oxygens (including phenoxy) is 2. The molecule has 11 N–H and O–H groups in total. The van der Waals surface area contributed by atoms with Gasteiger partial charge in [0.15, 0.2) is 36.2 Å². The Morgan fingerprint density at radius 2 is 1.56 bits per heavy atom. The van der Waals surface area contributed by atoms with Crippen molar-refractivity contribution in [2.45, 2.75) is 49.1 Å². The van der Waals surface area contributed by atoms with E-state index < -0.39 is 91.7 Å². The summed E-state index contributed by atoms with van der Waals surface area (Å²) in [6.07, 6.45) is -8.39. The van der Waals surface area contributed by atoms with Crippen LogP contribution in [0.15, 0.2) is 37.2 Å². The van der Waals surface area contributed by atoms with E-state index >= 15 is 0 Å². The smallest absolute Gasteiger partial charge is 0.387 e. The molecule has 50 heavy (non-hydrogen) atoms. The molecule has 29 heteroatoms. The molecule has 2 aliphatic rings. The normalized spacial score (nSPS) is 29.1. The number of imidazole rings is 1. The summed E-state index contributed by atoms with van der Waals surface area (Å²) in [7, 11) is -16.3. The molecule has 2 fully saturated rings. The average molecular weight is 790 g/mol. The SMILES string of the molecule is NC(=O)c1ccc[n+]([C@@H]2O[C@H](COP(=O)(O)OP(=O)(O)OC[C@H]3O[C@@H](n4cnc5c(N)ncnc54)[C@H](OP(=O)(O)O)[C@@H]3O)[C@@H](O)[C@H]2O)c1.[Na+].[Na+]. The molecule has 2 unspecified atom stereocenters. The van der Waals surface area contributed by atoms with Gasteiger partial charge in [-0.1, -0.05) is 0 Å². The van der Waals surface area contributed by atoms with Crippen molar-refractivity contribution in [2.75, 3.05) is 18.9 Å². The van der Waals surface area contributed by atoms with Crippen molar-refractivity contribution in [3.8, 4) is 0 Å². The van der Waals surface area contributed by atoms with E-state index in [1.165, 1.54) is 29.1 Å². The molecule has 2 aliphatic heterocycles. The quantitative estimate of drug-likeness (QED) is 0.0441. The zero-order chi connectivity index (χ0) is 35.2. The average Bonchev–Trinajstić information content (AvgIpc) is 3.64. The third-order valence-corrected chi connectivity index (χ3v) is 10.1. The van der Waals surface area contributed by atoms with Crippen LogP contribution in [0.5, 0.6) is 0 Å². The van der Waals surface area contributed by atoms with Gasteiger partial charge in [0.05, 0.1) is 19.5 Å². The summed E-state index contributed by atoms with van der Waals surface area (Å²) in [5.41, 5.74) is 11.1. The Balaban J connectivity index is 0.00000338. The first-order valence-electron chi connectivity index (χ1n) is 13.3. The number of nitrogens with two attached hydrogens (primary N) is 2. The monoisotopic (exact) mass is 790 g/mol. The molecule has 2 saturated heterocycles. The Morgan fingerprint density at radius 1 is 0.940 bits per heavy atom. The fourth-order valence-electron chi connectivity index (χ4n) is 4.83. The van der Waals surface area contributed by atoms with Crippen molar-refractivity contribution in [3.05, 3.63) is 42.7 Å². The number of aliphatic hydroxyl groups is 3. The molecule has 5 rings (SSSR count). The molecular formula is C21H29N7Na2O17P3+3. The van der Waals surface area contributed by atoms with Crippen molar-refractivity contribution >= 4 is 46.4 Å². The van der Waals surface area contributed by atoms with Crippen LogP contribution >= 0.6 is 23.5 Å². The van der Waals surface area contributed by atoms with E-state index in [2.05, 4.69) is 23.8 Å². The molecule has 10 atom stereocenters. The number of rotatable bonds is 13. The van der Waals surface area contributed by atoms with Crippen LogP contribution in [0.2, 0.25) is 0 Å². The number of amides is 1. The largest absolute Gasteiger partial charge is 1.00 e. The number of nitrogen functional groups attached to an aromatic ring is 1. The summed E-state index contributed by atoms with van der Waals surface area (Å²) in [5.74, 6) is -0.848. The first-order valence-corrected chi connectivity index (χ1v) is 17.9. The number of fused-ring (bicyclic) bond motifs is 1. The number of hydrogen-bond donors (Lipinski definition) is 9. The summed E-state index contributed by atoms with van der Waals surface area (Å²) >= 11 is 0. The van der Waals surface area contributed by atoms with Crippen LogP contribution in [-0.4, -0.2) is 110 Å². The molecule has 0 radical (unpaired) electrons. The molecule has 5 heterocycles. The molecule has 0 aliphatic carbocycles. The molecule has 0 saturated carbocycles. The minimum atomic E-state index is -5.52. The summed E-state index contributed by atoms with van der Waals surface area (Å²) in [4.78, 5) is 62.2. The molecule has 264 valence electrons. The fourth-order valence-corrected chi connectivity index (χ4v) is 7.47. The number of pyridine rings is 1. The van der Waals surface area contributed by atoms with Crippen LogP contribution in [0.3, 0.4) is 0 Å². The Labute approximate surface area is 324 Å². The van der Waals surface area contributed by atoms with Crippen molar-refractivity contribution in [1.82, 2.24) is 19.5 Å². The number of carbonyl (C=O) groups excluding carboxylic acids is 1. The van der Waals surface area contributed by atoms with E-state index in [1.807, 2.05) is 0 Å². The second kappa shape index (κ2) is 17.1. The van der Waals surface area contributed by atoms with Crippen LogP contribution in [0, 0.1) is 0 Å². The molecular weight excluding hydrogens is 761 g/mol. The zero-order valence-electron chi connectivity index (χ0n) is 25.9. The van der Waals surface area contributed by atoms with Gasteiger partial charge in [0.25, 0.3) is 12.1 Å². The van der Waals surface area contributed by atoms with Gasteiger partial charge in [-0.3, -0.25) is 22.9 Å². The maximum Gasteiger partial charge on any atom is 1.00 e. The van der Waals surface area contributed by atoms with Gasteiger partial charge in [-0.25, -0.2) is 28.6 Å². The van der Waals surface area contributed by atoms with Gasteiger partial charge in [-0.05, 0) is 6.07 Å². The molecule has 3 aromatic rings. The minimum Gasteiger partial charge on any atom is -0.387 e. The van der Waals surface area contributed by atoms with Crippen molar-refractivity contribution in [3.63, 3.8) is 0 Å². The predicted octanol–water partition coefficient (Wildman–Crippen LogP) is -8.89. The standard InChI is InChI=1S/C21H28N7O17P3.2Na/c22-17-12-19(25-7-24-17)28(8-26-12)21-16(44-46(33,34)35)14(30)11(43-21)6-41-48(38,39)45-47(36,37)40-5-10-13(29)15(31)20(42-10)27-3-1-2-9(4-27)18(23)32;;/h1-4,7-8,10-11,13-16,20-21,29-31H,5-6H2,(H7-,22,23,24,25,32,33,34,35,36,37,38,39);;/q;2*+1/p+1/t10-,11-,13-,14-,15-,16-,20-,21-;;/m1../s1. The minimum absolute atomic E-state index is 0. The second-order valence-electron chi connectivity index (χ2n) is 10.3. The summed E-state index contributed by atoms with van der Waals surface area (Å²) in [5, 5.41) is 31.5. The van der Waals surface area contributed by atoms with Crippen LogP contribution < -0.4 is 75.1 Å². The predicted molar refractivity (Wildman–Crippen MR) is 150 cm³/mol. The van der Waals surface area contributed by atoms with Gasteiger partial charge in [0, 0.05) is 6.07 Å². The first kappa shape index (κ1) is 43.5. The number of carbonyl (C=O) groups is 1. The Morgan fingerprint density at radius 3 is 2.16 bits per heavy atom. The summed E-state index contributed by atoms with van der Waals surface area (Å²) in [6.45, 7) is -2.03. The second-order valence-corrected chi connectivity index (χ2v) is 14.5. The van der Waals surface area contributed by atoms with E-state index in [4.69, 9.17) is 30.0 Å². The van der Waals surface area contributed by atoms with E-state index in [0.717, 1.165) is 17.2 Å². The third kappa shape index (κ3) is 10.2. The van der Waals surface area contributed by atoms with Crippen LogP contribution in [0.4, 0.5) is 5.82 Å².